The van der Waals surface area contributed by atoms with E-state index in [0.29, 0.717) is 19.5 Å². The normalized spacial score (nSPS) is 27.3. The summed E-state index contributed by atoms with van der Waals surface area (Å²) in [6.45, 7) is 3.41. The molecule has 1 aliphatic rings. The first-order chi connectivity index (χ1) is 6.99. The number of amides is 3. The Bertz CT molecular complexity index is 257. The van der Waals surface area contributed by atoms with E-state index in [4.69, 9.17) is 5.73 Å². The van der Waals surface area contributed by atoms with Crippen molar-refractivity contribution in [1.82, 2.24) is 10.2 Å². The van der Waals surface area contributed by atoms with Gasteiger partial charge in [0.1, 0.15) is 0 Å². The molecule has 1 fully saturated rings. The van der Waals surface area contributed by atoms with Gasteiger partial charge in [-0.2, -0.15) is 0 Å². The van der Waals surface area contributed by atoms with E-state index in [2.05, 4.69) is 0 Å². The van der Waals surface area contributed by atoms with Crippen LogP contribution < -0.4 is 11.1 Å². The number of piperidine rings is 1. The number of nitrogens with one attached hydrogen (secondary N) is 1. The molecule has 0 aromatic heterocycles. The van der Waals surface area contributed by atoms with E-state index in [0.717, 1.165) is 0 Å². The summed E-state index contributed by atoms with van der Waals surface area (Å²) in [4.78, 5) is 23.5. The van der Waals surface area contributed by atoms with Crippen molar-refractivity contribution in [1.29, 1.82) is 0 Å². The van der Waals surface area contributed by atoms with Crippen LogP contribution in [0.15, 0.2) is 0 Å². The van der Waals surface area contributed by atoms with Crippen molar-refractivity contribution in [3.8, 4) is 0 Å². The molecular weight excluding hydrogens is 198 g/mol. The average Bonchev–Trinajstić information content (AvgIpc) is 2.10. The number of hydrogen-bond acceptors (Lipinski definition) is 4. The predicted octanol–water partition coefficient (Wildman–Crippen LogP) is -1.12. The highest BCUT2D eigenvalue weighted by Crippen LogP contribution is 2.15. The molecule has 0 aromatic rings. The first-order valence-corrected chi connectivity index (χ1v) is 4.98. The maximum absolute atomic E-state index is 11.2. The summed E-state index contributed by atoms with van der Waals surface area (Å²) in [7, 11) is 0. The summed E-state index contributed by atoms with van der Waals surface area (Å²) >= 11 is 0. The molecule has 0 aliphatic carbocycles. The summed E-state index contributed by atoms with van der Waals surface area (Å²) in [6, 6.07) is -0.829. The third-order valence-electron chi connectivity index (χ3n) is 2.57. The van der Waals surface area contributed by atoms with Crippen LogP contribution in [0.5, 0.6) is 0 Å². The van der Waals surface area contributed by atoms with E-state index in [1.807, 2.05) is 17.1 Å². The van der Waals surface area contributed by atoms with Crippen molar-refractivity contribution < 1.29 is 14.7 Å². The lowest BCUT2D eigenvalue weighted by Crippen LogP contribution is -2.48. The molecule has 1 aliphatic heterocycles. The second kappa shape index (κ2) is 5.09. The van der Waals surface area contributed by atoms with Gasteiger partial charge in [0.2, 0.25) is 5.91 Å². The van der Waals surface area contributed by atoms with E-state index in [-0.39, 0.29) is 18.6 Å². The van der Waals surface area contributed by atoms with Gasteiger partial charge >= 0.3 is 6.03 Å². The van der Waals surface area contributed by atoms with Crippen molar-refractivity contribution in [2.75, 3.05) is 19.6 Å². The summed E-state index contributed by atoms with van der Waals surface area (Å²) in [6.07, 6.45) is 0.367. The van der Waals surface area contributed by atoms with Crippen LogP contribution in [-0.2, 0) is 4.79 Å². The largest absolute Gasteiger partial charge is 0.393 e. The Hall–Kier alpha value is -1.14. The number of carbonyl (C=O) groups is 2. The Balaban J connectivity index is 2.33. The minimum absolute atomic E-state index is 0.153. The number of nitrogens with zero attached hydrogens (tertiary/aromatic N) is 1. The maximum Gasteiger partial charge on any atom is 0.318 e. The molecule has 1 rings (SSSR count). The van der Waals surface area contributed by atoms with Crippen molar-refractivity contribution in [3.63, 3.8) is 0 Å². The van der Waals surface area contributed by atoms with Crippen LogP contribution in [0.3, 0.4) is 0 Å². The summed E-state index contributed by atoms with van der Waals surface area (Å²) in [5.41, 5.74) is 4.82. The molecular formula is C9H17N3O3. The minimum atomic E-state index is -0.829. The average molecular weight is 215 g/mol. The van der Waals surface area contributed by atoms with Gasteiger partial charge in [-0.25, -0.2) is 4.79 Å². The molecule has 6 heteroatoms. The van der Waals surface area contributed by atoms with Gasteiger partial charge in [-0.15, -0.1) is 0 Å². The Labute approximate surface area is 88.4 Å². The Morgan fingerprint density at radius 1 is 1.60 bits per heavy atom. The molecule has 2 atom stereocenters. The van der Waals surface area contributed by atoms with E-state index < -0.39 is 11.9 Å². The fourth-order valence-electron chi connectivity index (χ4n) is 1.74. The summed E-state index contributed by atoms with van der Waals surface area (Å²) in [5.74, 6) is -0.244. The Morgan fingerprint density at radius 3 is 2.80 bits per heavy atom. The quantitative estimate of drug-likeness (QED) is 0.544. The van der Waals surface area contributed by atoms with Gasteiger partial charge in [0.25, 0.3) is 0 Å². The number of hydrogen-bond donors (Lipinski definition) is 3. The summed E-state index contributed by atoms with van der Waals surface area (Å²) in [5, 5.41) is 11.5. The van der Waals surface area contributed by atoms with Gasteiger partial charge < -0.3 is 10.8 Å². The zero-order chi connectivity index (χ0) is 11.4. The fourth-order valence-corrected chi connectivity index (χ4v) is 1.74. The smallest absolute Gasteiger partial charge is 0.318 e. The molecule has 0 bridgehead atoms. The highest BCUT2D eigenvalue weighted by Gasteiger charge is 2.25. The van der Waals surface area contributed by atoms with Crippen LogP contribution >= 0.6 is 0 Å². The maximum atomic E-state index is 11.2. The molecule has 6 nitrogen and oxygen atoms in total. The van der Waals surface area contributed by atoms with Gasteiger partial charge in [0.15, 0.2) is 0 Å². The lowest BCUT2D eigenvalue weighted by atomic mass is 9.97. The number of aliphatic hydroxyl groups excluding tert-OH is 1. The number of likely N-dealkylation sites (tertiary alicyclic amines) is 1. The number of urea groups is 1. The Morgan fingerprint density at radius 2 is 2.27 bits per heavy atom. The van der Waals surface area contributed by atoms with Crippen LogP contribution in [0.4, 0.5) is 4.79 Å². The molecule has 0 aromatic carbocycles. The van der Waals surface area contributed by atoms with Crippen molar-refractivity contribution in [2.45, 2.75) is 19.4 Å². The zero-order valence-corrected chi connectivity index (χ0v) is 8.77. The monoisotopic (exact) mass is 215 g/mol. The van der Waals surface area contributed by atoms with Gasteiger partial charge in [-0.1, -0.05) is 6.92 Å². The topological polar surface area (TPSA) is 95.7 Å². The van der Waals surface area contributed by atoms with E-state index in [1.54, 1.807) is 0 Å². The second-order valence-electron chi connectivity index (χ2n) is 3.98. The molecule has 2 unspecified atom stereocenters. The lowest BCUT2D eigenvalue weighted by molar-refractivity contribution is -0.122. The molecule has 1 heterocycles. The predicted molar refractivity (Wildman–Crippen MR) is 54.0 cm³/mol. The van der Waals surface area contributed by atoms with Crippen LogP contribution in [0.2, 0.25) is 0 Å². The highest BCUT2D eigenvalue weighted by atomic mass is 16.3. The van der Waals surface area contributed by atoms with Crippen molar-refractivity contribution in [2.24, 2.45) is 11.7 Å². The van der Waals surface area contributed by atoms with Gasteiger partial charge in [0.05, 0.1) is 12.6 Å². The van der Waals surface area contributed by atoms with Crippen molar-refractivity contribution in [3.05, 3.63) is 0 Å². The van der Waals surface area contributed by atoms with E-state index in [1.165, 1.54) is 0 Å². The molecule has 0 spiro atoms. The van der Waals surface area contributed by atoms with Crippen molar-refractivity contribution >= 4 is 11.9 Å². The van der Waals surface area contributed by atoms with Gasteiger partial charge in [-0.3, -0.25) is 15.0 Å². The number of aliphatic hydroxyl groups is 1. The first kappa shape index (κ1) is 11.9. The number of nitrogens with two attached hydrogens (primary N) is 1. The SMILES string of the molecule is CC1CN(CC(=O)NC(N)=O)CCC1O. The molecule has 0 saturated carbocycles. The summed E-state index contributed by atoms with van der Waals surface area (Å²) < 4.78 is 0. The van der Waals surface area contributed by atoms with Crippen LogP contribution in [-0.4, -0.2) is 47.7 Å². The number of primary amides is 1. The van der Waals surface area contributed by atoms with Crippen LogP contribution in [0.25, 0.3) is 0 Å². The van der Waals surface area contributed by atoms with Crippen LogP contribution in [0.1, 0.15) is 13.3 Å². The molecule has 86 valence electrons. The standard InChI is InChI=1S/C9H17N3O3/c1-6-4-12(3-2-7(6)13)5-8(14)11-9(10)15/h6-7,13H,2-5H2,1H3,(H3,10,11,14,15). The molecule has 3 amide bonds. The van der Waals surface area contributed by atoms with E-state index >= 15 is 0 Å². The lowest BCUT2D eigenvalue weighted by Gasteiger charge is -2.33. The molecule has 1 saturated heterocycles. The number of carbonyl (C=O) groups excluding carboxylic acids is 2. The third-order valence-corrected chi connectivity index (χ3v) is 2.57. The fraction of sp³-hybridized carbons (Fsp3) is 0.778. The van der Waals surface area contributed by atoms with E-state index in [9.17, 15) is 14.7 Å². The van der Waals surface area contributed by atoms with Gasteiger partial charge in [0, 0.05) is 13.1 Å². The molecule has 15 heavy (non-hydrogen) atoms. The van der Waals surface area contributed by atoms with Gasteiger partial charge in [-0.05, 0) is 12.3 Å². The first-order valence-electron chi connectivity index (χ1n) is 4.98. The molecule has 4 N–H and O–H groups in total. The third kappa shape index (κ3) is 3.85. The highest BCUT2D eigenvalue weighted by molar-refractivity contribution is 5.94. The molecule has 0 radical (unpaired) electrons. The Kier molecular flexibility index (Phi) is 4.05. The van der Waals surface area contributed by atoms with Crippen LogP contribution in [0, 0.1) is 5.92 Å². The number of rotatable bonds is 2. The number of imide groups is 1. The zero-order valence-electron chi connectivity index (χ0n) is 8.77. The second-order valence-corrected chi connectivity index (χ2v) is 3.98. The minimum Gasteiger partial charge on any atom is -0.393 e.